The second-order valence-electron chi connectivity index (χ2n) is 4.40. The molecular weight excluding hydrogens is 256 g/mol. The standard InChI is InChI=1S/C11H16N2O6/c1-2-5-3-13(11(18)12-9(5)17)10-8(16)7(15)6(4-14)19-10/h3,6-8,10,14-16H,2,4H2,1H3,(H,12,17,18)/t6-,7-,8+,10+/m1/s1. The number of aliphatic hydroxyl groups is 3. The van der Waals surface area contributed by atoms with Gasteiger partial charge in [-0.2, -0.15) is 0 Å². The number of aliphatic hydroxyl groups excluding tert-OH is 3. The summed E-state index contributed by atoms with van der Waals surface area (Å²) in [5.74, 6) is 0. The first-order chi connectivity index (χ1) is 8.99. The molecule has 8 nitrogen and oxygen atoms in total. The molecule has 2 heterocycles. The van der Waals surface area contributed by atoms with Crippen molar-refractivity contribution in [3.8, 4) is 0 Å². The minimum absolute atomic E-state index is 0.359. The number of nitrogens with zero attached hydrogens (tertiary/aromatic N) is 1. The molecule has 4 atom stereocenters. The minimum atomic E-state index is -1.36. The molecule has 1 aliphatic heterocycles. The molecule has 1 fully saturated rings. The highest BCUT2D eigenvalue weighted by molar-refractivity contribution is 5.05. The van der Waals surface area contributed by atoms with Gasteiger partial charge in [0.25, 0.3) is 5.56 Å². The third-order valence-corrected chi connectivity index (χ3v) is 3.21. The molecule has 1 aliphatic rings. The van der Waals surface area contributed by atoms with E-state index in [1.807, 2.05) is 0 Å². The van der Waals surface area contributed by atoms with Gasteiger partial charge in [0.15, 0.2) is 6.23 Å². The maximum Gasteiger partial charge on any atom is 0.330 e. The Morgan fingerprint density at radius 3 is 2.58 bits per heavy atom. The fourth-order valence-electron chi connectivity index (χ4n) is 2.08. The van der Waals surface area contributed by atoms with E-state index in [4.69, 9.17) is 9.84 Å². The molecule has 4 N–H and O–H groups in total. The Bertz CT molecular complexity index is 565. The van der Waals surface area contributed by atoms with Crippen LogP contribution in [0.3, 0.4) is 0 Å². The maximum atomic E-state index is 11.7. The van der Waals surface area contributed by atoms with Gasteiger partial charge in [0.2, 0.25) is 0 Å². The lowest BCUT2D eigenvalue weighted by molar-refractivity contribution is -0.0551. The second-order valence-corrected chi connectivity index (χ2v) is 4.40. The summed E-state index contributed by atoms with van der Waals surface area (Å²) in [6.45, 7) is 1.27. The summed E-state index contributed by atoms with van der Waals surface area (Å²) in [5, 5.41) is 28.5. The molecule has 1 aromatic rings. The Balaban J connectivity index is 2.43. The fraction of sp³-hybridized carbons (Fsp3) is 0.636. The summed E-state index contributed by atoms with van der Waals surface area (Å²) >= 11 is 0. The number of hydrogen-bond acceptors (Lipinski definition) is 6. The van der Waals surface area contributed by atoms with Crippen LogP contribution in [0, 0.1) is 0 Å². The summed E-state index contributed by atoms with van der Waals surface area (Å²) < 4.78 is 6.25. The van der Waals surface area contributed by atoms with Gasteiger partial charge in [-0.1, -0.05) is 6.92 Å². The first-order valence-electron chi connectivity index (χ1n) is 5.96. The fourth-order valence-corrected chi connectivity index (χ4v) is 2.08. The van der Waals surface area contributed by atoms with Crippen molar-refractivity contribution in [2.45, 2.75) is 37.9 Å². The van der Waals surface area contributed by atoms with Crippen LogP contribution in [0.2, 0.25) is 0 Å². The van der Waals surface area contributed by atoms with Crippen molar-refractivity contribution in [3.63, 3.8) is 0 Å². The van der Waals surface area contributed by atoms with Gasteiger partial charge in [-0.15, -0.1) is 0 Å². The number of rotatable bonds is 3. The van der Waals surface area contributed by atoms with Crippen LogP contribution in [0.15, 0.2) is 15.8 Å². The van der Waals surface area contributed by atoms with Crippen molar-refractivity contribution in [1.29, 1.82) is 0 Å². The van der Waals surface area contributed by atoms with Crippen LogP contribution in [0.1, 0.15) is 18.7 Å². The van der Waals surface area contributed by atoms with E-state index in [1.54, 1.807) is 6.92 Å². The average molecular weight is 272 g/mol. The molecular formula is C11H16N2O6. The summed E-state index contributed by atoms with van der Waals surface area (Å²) in [6, 6.07) is 0. The molecule has 8 heteroatoms. The Labute approximate surface area is 107 Å². The van der Waals surface area contributed by atoms with E-state index in [-0.39, 0.29) is 0 Å². The minimum Gasteiger partial charge on any atom is -0.394 e. The zero-order valence-electron chi connectivity index (χ0n) is 10.3. The maximum absolute atomic E-state index is 11.7. The number of aryl methyl sites for hydroxylation is 1. The van der Waals surface area contributed by atoms with Crippen LogP contribution < -0.4 is 11.2 Å². The second kappa shape index (κ2) is 5.25. The number of aromatic nitrogens is 2. The van der Waals surface area contributed by atoms with Gasteiger partial charge in [-0.25, -0.2) is 4.79 Å². The molecule has 106 valence electrons. The number of nitrogens with one attached hydrogen (secondary N) is 1. The Morgan fingerprint density at radius 1 is 1.37 bits per heavy atom. The van der Waals surface area contributed by atoms with Gasteiger partial charge in [0, 0.05) is 11.8 Å². The van der Waals surface area contributed by atoms with E-state index in [0.717, 1.165) is 4.57 Å². The van der Waals surface area contributed by atoms with Gasteiger partial charge >= 0.3 is 5.69 Å². The van der Waals surface area contributed by atoms with Crippen LogP contribution in [-0.4, -0.2) is 49.8 Å². The summed E-state index contributed by atoms with van der Waals surface area (Å²) in [5.41, 5.74) is -0.870. The molecule has 0 bridgehead atoms. The van der Waals surface area contributed by atoms with Crippen LogP contribution in [0.25, 0.3) is 0 Å². The predicted molar refractivity (Wildman–Crippen MR) is 63.7 cm³/mol. The van der Waals surface area contributed by atoms with Crippen LogP contribution >= 0.6 is 0 Å². The Morgan fingerprint density at radius 2 is 2.05 bits per heavy atom. The molecule has 0 aromatic carbocycles. The lowest BCUT2D eigenvalue weighted by Crippen LogP contribution is -2.38. The SMILES string of the molecule is CCc1cn([C@H]2O[C@H](CO)[C@@H](O)[C@@H]2O)c(=O)[nH]c1=O. The van der Waals surface area contributed by atoms with E-state index >= 15 is 0 Å². The highest BCUT2D eigenvalue weighted by Crippen LogP contribution is 2.27. The Hall–Kier alpha value is -1.48. The van der Waals surface area contributed by atoms with Crippen molar-refractivity contribution in [2.24, 2.45) is 0 Å². The molecule has 0 radical (unpaired) electrons. The van der Waals surface area contributed by atoms with Crippen molar-refractivity contribution in [3.05, 3.63) is 32.6 Å². The van der Waals surface area contributed by atoms with Crippen molar-refractivity contribution in [2.75, 3.05) is 6.61 Å². The van der Waals surface area contributed by atoms with Gasteiger partial charge in [0.05, 0.1) is 6.61 Å². The molecule has 0 amide bonds. The van der Waals surface area contributed by atoms with Gasteiger partial charge in [-0.05, 0) is 6.42 Å². The van der Waals surface area contributed by atoms with Gasteiger partial charge in [0.1, 0.15) is 18.3 Å². The van der Waals surface area contributed by atoms with Crippen LogP contribution in [0.4, 0.5) is 0 Å². The van der Waals surface area contributed by atoms with E-state index in [0.29, 0.717) is 12.0 Å². The largest absolute Gasteiger partial charge is 0.394 e. The zero-order valence-corrected chi connectivity index (χ0v) is 10.3. The first kappa shape index (κ1) is 13.9. The van der Waals surface area contributed by atoms with Crippen molar-refractivity contribution >= 4 is 0 Å². The topological polar surface area (TPSA) is 125 Å². The van der Waals surface area contributed by atoms with Crippen LogP contribution in [0.5, 0.6) is 0 Å². The smallest absolute Gasteiger partial charge is 0.330 e. The summed E-state index contributed by atoms with van der Waals surface area (Å²) in [6.07, 6.45) is -3.05. The van der Waals surface area contributed by atoms with Gasteiger partial charge in [-0.3, -0.25) is 14.3 Å². The highest BCUT2D eigenvalue weighted by atomic mass is 16.6. The summed E-state index contributed by atoms with van der Waals surface area (Å²) in [4.78, 5) is 25.3. The lowest BCUT2D eigenvalue weighted by atomic mass is 10.1. The molecule has 2 rings (SSSR count). The van der Waals surface area contributed by atoms with Crippen molar-refractivity contribution in [1.82, 2.24) is 9.55 Å². The molecule has 0 aliphatic carbocycles. The molecule has 1 aromatic heterocycles. The lowest BCUT2D eigenvalue weighted by Gasteiger charge is -2.17. The molecule has 19 heavy (non-hydrogen) atoms. The number of hydrogen-bond donors (Lipinski definition) is 4. The quantitative estimate of drug-likeness (QED) is 0.491. The third kappa shape index (κ3) is 2.35. The highest BCUT2D eigenvalue weighted by Gasteiger charge is 2.43. The third-order valence-electron chi connectivity index (χ3n) is 3.21. The molecule has 0 unspecified atom stereocenters. The van der Waals surface area contributed by atoms with Gasteiger partial charge < -0.3 is 20.1 Å². The zero-order chi connectivity index (χ0) is 14.2. The first-order valence-corrected chi connectivity index (χ1v) is 5.96. The van der Waals surface area contributed by atoms with E-state index in [1.165, 1.54) is 6.20 Å². The molecule has 1 saturated heterocycles. The number of H-pyrrole nitrogens is 1. The van der Waals surface area contributed by atoms with Crippen LogP contribution in [-0.2, 0) is 11.2 Å². The Kier molecular flexibility index (Phi) is 3.85. The number of aromatic amines is 1. The summed E-state index contributed by atoms with van der Waals surface area (Å²) in [7, 11) is 0. The van der Waals surface area contributed by atoms with E-state index in [9.17, 15) is 19.8 Å². The molecule has 0 spiro atoms. The number of ether oxygens (including phenoxy) is 1. The normalized spacial score (nSPS) is 30.7. The van der Waals surface area contributed by atoms with E-state index < -0.39 is 42.4 Å². The average Bonchev–Trinajstić information content (AvgIpc) is 2.67. The van der Waals surface area contributed by atoms with Crippen molar-refractivity contribution < 1.29 is 20.1 Å². The van der Waals surface area contributed by atoms with E-state index in [2.05, 4.69) is 4.98 Å². The predicted octanol–water partition coefficient (Wildman–Crippen LogP) is -2.29. The molecule has 0 saturated carbocycles. The monoisotopic (exact) mass is 272 g/mol.